The molecular formula is C16H9S2. The van der Waals surface area contributed by atoms with Crippen molar-refractivity contribution in [2.75, 3.05) is 0 Å². The maximum Gasteiger partial charge on any atom is 0.0355 e. The molecule has 0 unspecified atom stereocenters. The van der Waals surface area contributed by atoms with Crippen molar-refractivity contribution < 1.29 is 0 Å². The first-order valence-electron chi connectivity index (χ1n) is 5.77. The molecule has 1 radical (unpaired) electrons. The molecule has 0 saturated carbocycles. The van der Waals surface area contributed by atoms with E-state index in [0.717, 1.165) is 0 Å². The van der Waals surface area contributed by atoms with Crippen LogP contribution < -0.4 is 0 Å². The monoisotopic (exact) mass is 265 g/mol. The van der Waals surface area contributed by atoms with Crippen LogP contribution in [0.15, 0.2) is 53.2 Å². The van der Waals surface area contributed by atoms with Crippen LogP contribution in [0, 0.1) is 6.07 Å². The lowest BCUT2D eigenvalue weighted by Gasteiger charge is -2.00. The fourth-order valence-corrected chi connectivity index (χ4v) is 4.00. The summed E-state index contributed by atoms with van der Waals surface area (Å²) in [5.41, 5.74) is 2.63. The van der Waals surface area contributed by atoms with Gasteiger partial charge in [-0.15, -0.1) is 22.7 Å². The van der Waals surface area contributed by atoms with Crippen LogP contribution >= 0.6 is 22.7 Å². The van der Waals surface area contributed by atoms with Gasteiger partial charge in [0.05, 0.1) is 0 Å². The average molecular weight is 265 g/mol. The maximum absolute atomic E-state index is 3.14. The smallest absolute Gasteiger partial charge is 0.0355 e. The average Bonchev–Trinajstić information content (AvgIpc) is 3.04. The van der Waals surface area contributed by atoms with Gasteiger partial charge in [0, 0.05) is 20.3 Å². The van der Waals surface area contributed by atoms with Gasteiger partial charge in [-0.1, -0.05) is 18.2 Å². The molecule has 2 heterocycles. The Morgan fingerprint density at radius 1 is 0.944 bits per heavy atom. The van der Waals surface area contributed by atoms with E-state index in [9.17, 15) is 0 Å². The predicted molar refractivity (Wildman–Crippen MR) is 81.5 cm³/mol. The zero-order valence-electron chi connectivity index (χ0n) is 9.51. The van der Waals surface area contributed by atoms with Crippen molar-refractivity contribution in [3.05, 3.63) is 59.3 Å². The molecular weight excluding hydrogens is 256 g/mol. The van der Waals surface area contributed by atoms with Gasteiger partial charge in [-0.25, -0.2) is 0 Å². The highest BCUT2D eigenvalue weighted by molar-refractivity contribution is 7.18. The fourth-order valence-electron chi connectivity index (χ4n) is 2.28. The highest BCUT2D eigenvalue weighted by Gasteiger charge is 2.06. The van der Waals surface area contributed by atoms with E-state index in [1.807, 2.05) is 6.07 Å². The predicted octanol–water partition coefficient (Wildman–Crippen LogP) is 5.58. The van der Waals surface area contributed by atoms with E-state index in [1.54, 1.807) is 22.7 Å². The molecule has 0 nitrogen and oxygen atoms in total. The van der Waals surface area contributed by atoms with Gasteiger partial charge in [-0.3, -0.25) is 0 Å². The summed E-state index contributed by atoms with van der Waals surface area (Å²) in [4.78, 5) is 0. The Balaban J connectivity index is 2.00. The first-order valence-corrected chi connectivity index (χ1v) is 7.53. The lowest BCUT2D eigenvalue weighted by atomic mass is 10.0. The molecule has 2 aromatic heterocycles. The summed E-state index contributed by atoms with van der Waals surface area (Å²) in [5.74, 6) is 0. The molecule has 0 spiro atoms. The number of benzene rings is 2. The molecule has 0 aliphatic carbocycles. The number of thiophene rings is 2. The molecule has 0 saturated heterocycles. The Hall–Kier alpha value is -1.64. The Kier molecular flexibility index (Phi) is 2.25. The topological polar surface area (TPSA) is 0 Å². The van der Waals surface area contributed by atoms with Crippen LogP contribution in [0.4, 0.5) is 0 Å². The molecule has 0 atom stereocenters. The minimum Gasteiger partial charge on any atom is -0.144 e. The largest absolute Gasteiger partial charge is 0.144 e. The third-order valence-electron chi connectivity index (χ3n) is 3.18. The summed E-state index contributed by atoms with van der Waals surface area (Å²) in [7, 11) is 0. The third kappa shape index (κ3) is 1.50. The second kappa shape index (κ2) is 3.94. The summed E-state index contributed by atoms with van der Waals surface area (Å²) in [6.07, 6.45) is 0. The van der Waals surface area contributed by atoms with Crippen LogP contribution in [-0.2, 0) is 0 Å². The molecule has 4 aromatic rings. The summed E-state index contributed by atoms with van der Waals surface area (Å²) in [5, 5.41) is 7.05. The SMILES string of the molecule is [c]1ccc2c(-c3ccc4sccc4c3)csc2c1. The number of rotatable bonds is 1. The first-order chi connectivity index (χ1) is 8.92. The van der Waals surface area contributed by atoms with Crippen LogP contribution in [0.25, 0.3) is 31.3 Å². The zero-order chi connectivity index (χ0) is 11.9. The van der Waals surface area contributed by atoms with Crippen LogP contribution in [0.1, 0.15) is 0 Å². The lowest BCUT2D eigenvalue weighted by Crippen LogP contribution is -1.74. The van der Waals surface area contributed by atoms with Crippen molar-refractivity contribution in [2.24, 2.45) is 0 Å². The first kappa shape index (κ1) is 10.3. The zero-order valence-corrected chi connectivity index (χ0v) is 11.1. The van der Waals surface area contributed by atoms with E-state index < -0.39 is 0 Å². The van der Waals surface area contributed by atoms with E-state index in [-0.39, 0.29) is 0 Å². The van der Waals surface area contributed by atoms with Crippen LogP contribution in [-0.4, -0.2) is 0 Å². The fraction of sp³-hybridized carbons (Fsp3) is 0. The van der Waals surface area contributed by atoms with Crippen molar-refractivity contribution in [3.63, 3.8) is 0 Å². The van der Waals surface area contributed by atoms with Crippen LogP contribution in [0.5, 0.6) is 0 Å². The molecule has 85 valence electrons. The minimum absolute atomic E-state index is 1.30. The molecule has 0 fully saturated rings. The van der Waals surface area contributed by atoms with Gasteiger partial charge in [0.2, 0.25) is 0 Å². The molecule has 0 aliphatic heterocycles. The van der Waals surface area contributed by atoms with Crippen molar-refractivity contribution in [1.82, 2.24) is 0 Å². The summed E-state index contributed by atoms with van der Waals surface area (Å²) in [6.45, 7) is 0. The summed E-state index contributed by atoms with van der Waals surface area (Å²) < 4.78 is 2.66. The second-order valence-corrected chi connectivity index (χ2v) is 6.10. The van der Waals surface area contributed by atoms with Gasteiger partial charge >= 0.3 is 0 Å². The number of hydrogen-bond donors (Lipinski definition) is 0. The van der Waals surface area contributed by atoms with E-state index in [0.29, 0.717) is 0 Å². The van der Waals surface area contributed by atoms with Gasteiger partial charge in [0.15, 0.2) is 0 Å². The van der Waals surface area contributed by atoms with Crippen molar-refractivity contribution in [2.45, 2.75) is 0 Å². The molecule has 4 rings (SSSR count). The van der Waals surface area contributed by atoms with E-state index >= 15 is 0 Å². The Morgan fingerprint density at radius 2 is 1.94 bits per heavy atom. The van der Waals surface area contributed by atoms with Gasteiger partial charge in [0.25, 0.3) is 0 Å². The van der Waals surface area contributed by atoms with Crippen LogP contribution in [0.2, 0.25) is 0 Å². The molecule has 0 aliphatic rings. The molecule has 2 aromatic carbocycles. The molecule has 2 heteroatoms. The van der Waals surface area contributed by atoms with Gasteiger partial charge in [-0.2, -0.15) is 0 Å². The van der Waals surface area contributed by atoms with Crippen molar-refractivity contribution in [1.29, 1.82) is 0 Å². The van der Waals surface area contributed by atoms with Gasteiger partial charge in [-0.05, 0) is 52.0 Å². The molecule has 0 amide bonds. The molecule has 18 heavy (non-hydrogen) atoms. The van der Waals surface area contributed by atoms with Crippen molar-refractivity contribution >= 4 is 42.8 Å². The second-order valence-electron chi connectivity index (χ2n) is 4.24. The number of hydrogen-bond acceptors (Lipinski definition) is 2. The summed E-state index contributed by atoms with van der Waals surface area (Å²) in [6, 6.07) is 18.2. The van der Waals surface area contributed by atoms with Crippen LogP contribution in [0.3, 0.4) is 0 Å². The third-order valence-corrected chi connectivity index (χ3v) is 5.03. The standard InChI is InChI=1S/C16H9S2/c1-2-4-16-13(3-1)14(10-18-16)11-5-6-15-12(9-11)7-8-17-15/h1,3-10H. The maximum atomic E-state index is 3.14. The Morgan fingerprint density at radius 3 is 2.94 bits per heavy atom. The van der Waals surface area contributed by atoms with E-state index in [1.165, 1.54) is 31.3 Å². The van der Waals surface area contributed by atoms with E-state index in [4.69, 9.17) is 0 Å². The highest BCUT2D eigenvalue weighted by Crippen LogP contribution is 2.35. The lowest BCUT2D eigenvalue weighted by molar-refractivity contribution is 1.77. The quantitative estimate of drug-likeness (QED) is 0.421. The van der Waals surface area contributed by atoms with Crippen molar-refractivity contribution in [3.8, 4) is 11.1 Å². The van der Waals surface area contributed by atoms with Gasteiger partial charge < -0.3 is 0 Å². The molecule has 0 N–H and O–H groups in total. The Bertz CT molecular complexity index is 836. The Labute approximate surface area is 113 Å². The normalized spacial score (nSPS) is 11.3. The molecule has 0 bridgehead atoms. The minimum atomic E-state index is 1.30. The van der Waals surface area contributed by atoms with E-state index in [2.05, 4.69) is 53.2 Å². The van der Waals surface area contributed by atoms with Gasteiger partial charge in [0.1, 0.15) is 0 Å². The number of fused-ring (bicyclic) bond motifs is 2. The highest BCUT2D eigenvalue weighted by atomic mass is 32.1. The summed E-state index contributed by atoms with van der Waals surface area (Å²) >= 11 is 3.58.